The van der Waals surface area contributed by atoms with Crippen molar-refractivity contribution >= 4 is 55.5 Å². The van der Waals surface area contributed by atoms with E-state index in [2.05, 4.69) is 11.4 Å². The average Bonchev–Trinajstić information content (AvgIpc) is 3.00. The number of carbonyl (C=O) groups excluding carboxylic acids is 2. The highest BCUT2D eigenvalue weighted by Gasteiger charge is 2.19. The Hall–Kier alpha value is -3.25. The summed E-state index contributed by atoms with van der Waals surface area (Å²) in [6.45, 7) is 5.57. The maximum absolute atomic E-state index is 12.8. The van der Waals surface area contributed by atoms with Gasteiger partial charge in [0.1, 0.15) is 9.71 Å². The van der Waals surface area contributed by atoms with Gasteiger partial charge >= 0.3 is 0 Å². The third kappa shape index (κ3) is 3.01. The lowest BCUT2D eigenvalue weighted by Gasteiger charge is -2.05. The first-order chi connectivity index (χ1) is 13.3. The Morgan fingerprint density at radius 3 is 2.36 bits per heavy atom. The van der Waals surface area contributed by atoms with Crippen molar-refractivity contribution in [2.75, 3.05) is 11.1 Å². The fraction of sp³-hybridized carbons (Fsp3) is 0.136. The Morgan fingerprint density at radius 2 is 1.68 bits per heavy atom. The summed E-state index contributed by atoms with van der Waals surface area (Å²) in [4.78, 5) is 30.1. The molecular weight excluding hydrogens is 370 g/mol. The normalized spacial score (nSPS) is 11.1. The molecule has 140 valence electrons. The Bertz CT molecular complexity index is 1260. The minimum atomic E-state index is -0.284. The molecule has 4 rings (SSSR count). The van der Waals surface area contributed by atoms with Crippen molar-refractivity contribution in [3.05, 3.63) is 64.0 Å². The van der Waals surface area contributed by atoms with Crippen LogP contribution in [0.5, 0.6) is 0 Å². The van der Waals surface area contributed by atoms with Crippen LogP contribution in [0.1, 0.15) is 38.1 Å². The van der Waals surface area contributed by atoms with E-state index < -0.39 is 0 Å². The van der Waals surface area contributed by atoms with E-state index in [4.69, 9.17) is 10.7 Å². The van der Waals surface area contributed by atoms with E-state index in [1.165, 1.54) is 18.3 Å². The summed E-state index contributed by atoms with van der Waals surface area (Å²) in [5.74, 6) is -0.302. The lowest BCUT2D eigenvalue weighted by Crippen LogP contribution is -2.12. The van der Waals surface area contributed by atoms with Gasteiger partial charge in [0.2, 0.25) is 0 Å². The fourth-order valence-corrected chi connectivity index (χ4v) is 4.18. The Balaban J connectivity index is 1.74. The molecule has 0 unspecified atom stereocenters. The minimum absolute atomic E-state index is 0.0182. The molecule has 0 fully saturated rings. The molecule has 4 aromatic rings. The number of rotatable bonds is 3. The summed E-state index contributed by atoms with van der Waals surface area (Å²) in [6, 6.07) is 12.9. The number of aromatic nitrogens is 1. The van der Waals surface area contributed by atoms with E-state index in [1.54, 1.807) is 24.3 Å². The number of Topliss-reactive ketones (excluding diaryl/α,β-unsaturated/α-hetero) is 1. The SMILES string of the molecule is CC(=O)c1ccc(NC(=O)c2sc3nc4c(C)ccc(C)c4cc3c2N)cc1. The number of anilines is 2. The third-order valence-corrected chi connectivity index (χ3v) is 5.97. The van der Waals surface area contributed by atoms with Crippen LogP contribution in [0.25, 0.3) is 21.1 Å². The molecule has 0 bridgehead atoms. The van der Waals surface area contributed by atoms with E-state index >= 15 is 0 Å². The molecule has 1 amide bonds. The molecule has 0 atom stereocenters. The molecule has 28 heavy (non-hydrogen) atoms. The molecule has 0 saturated heterocycles. The van der Waals surface area contributed by atoms with Crippen LogP contribution in [0.3, 0.4) is 0 Å². The molecule has 6 heteroatoms. The first-order valence-corrected chi connectivity index (χ1v) is 9.68. The maximum Gasteiger partial charge on any atom is 0.267 e. The number of hydrogen-bond acceptors (Lipinski definition) is 5. The van der Waals surface area contributed by atoms with Crippen molar-refractivity contribution in [3.8, 4) is 0 Å². The molecule has 2 aromatic carbocycles. The largest absolute Gasteiger partial charge is 0.397 e. The number of benzene rings is 2. The molecule has 5 nitrogen and oxygen atoms in total. The topological polar surface area (TPSA) is 85.1 Å². The van der Waals surface area contributed by atoms with Crippen molar-refractivity contribution in [1.82, 2.24) is 4.98 Å². The lowest BCUT2D eigenvalue weighted by atomic mass is 10.0. The maximum atomic E-state index is 12.8. The third-order valence-electron chi connectivity index (χ3n) is 4.86. The van der Waals surface area contributed by atoms with Crippen molar-refractivity contribution in [2.24, 2.45) is 0 Å². The average molecular weight is 389 g/mol. The number of pyridine rings is 1. The van der Waals surface area contributed by atoms with E-state index in [-0.39, 0.29) is 11.7 Å². The lowest BCUT2D eigenvalue weighted by molar-refractivity contribution is 0.101. The van der Waals surface area contributed by atoms with Gasteiger partial charge in [-0.15, -0.1) is 11.3 Å². The summed E-state index contributed by atoms with van der Waals surface area (Å²) in [5.41, 5.74) is 11.1. The predicted molar refractivity (Wildman–Crippen MR) is 115 cm³/mol. The standard InChI is InChI=1S/C22H19N3O2S/c1-11-4-5-12(2)19-16(11)10-17-18(23)20(28-22(17)25-19)21(27)24-15-8-6-14(7-9-15)13(3)26/h4-10H,23H2,1-3H3,(H,24,27). The van der Waals surface area contributed by atoms with Gasteiger partial charge in [-0.25, -0.2) is 4.98 Å². The number of nitrogens with two attached hydrogens (primary N) is 1. The van der Waals surface area contributed by atoms with Gasteiger partial charge in [0.15, 0.2) is 5.78 Å². The first kappa shape index (κ1) is 18.1. The number of aryl methyl sites for hydroxylation is 2. The highest BCUT2D eigenvalue weighted by molar-refractivity contribution is 7.21. The second-order valence-electron chi connectivity index (χ2n) is 6.87. The summed E-state index contributed by atoms with van der Waals surface area (Å²) < 4.78 is 0. The summed E-state index contributed by atoms with van der Waals surface area (Å²) in [6.07, 6.45) is 0. The molecule has 0 spiro atoms. The smallest absolute Gasteiger partial charge is 0.267 e. The first-order valence-electron chi connectivity index (χ1n) is 8.86. The van der Waals surface area contributed by atoms with Crippen molar-refractivity contribution in [3.63, 3.8) is 0 Å². The Morgan fingerprint density at radius 1 is 1.00 bits per heavy atom. The van der Waals surface area contributed by atoms with Gasteiger partial charge in [-0.3, -0.25) is 9.59 Å². The number of nitrogens with zero attached hydrogens (tertiary/aromatic N) is 1. The molecule has 0 aliphatic rings. The van der Waals surface area contributed by atoms with E-state index in [9.17, 15) is 9.59 Å². The van der Waals surface area contributed by atoms with Crippen LogP contribution in [0, 0.1) is 13.8 Å². The van der Waals surface area contributed by atoms with Crippen LogP contribution in [0.15, 0.2) is 42.5 Å². The van der Waals surface area contributed by atoms with E-state index in [0.717, 1.165) is 32.2 Å². The zero-order valence-electron chi connectivity index (χ0n) is 15.8. The number of nitrogen functional groups attached to an aromatic ring is 1. The van der Waals surface area contributed by atoms with Crippen LogP contribution in [0.2, 0.25) is 0 Å². The number of fused-ring (bicyclic) bond motifs is 2. The number of amides is 1. The van der Waals surface area contributed by atoms with Crippen LogP contribution >= 0.6 is 11.3 Å². The number of thiophene rings is 1. The number of hydrogen-bond donors (Lipinski definition) is 2. The van der Waals surface area contributed by atoms with Crippen molar-refractivity contribution in [2.45, 2.75) is 20.8 Å². The molecule has 2 aromatic heterocycles. The highest BCUT2D eigenvalue weighted by Crippen LogP contribution is 2.36. The second-order valence-corrected chi connectivity index (χ2v) is 7.87. The molecule has 0 saturated carbocycles. The van der Waals surface area contributed by atoms with Gasteiger partial charge in [0.05, 0.1) is 11.2 Å². The van der Waals surface area contributed by atoms with Gasteiger partial charge in [-0.1, -0.05) is 12.1 Å². The summed E-state index contributed by atoms with van der Waals surface area (Å²) in [7, 11) is 0. The van der Waals surface area contributed by atoms with Crippen molar-refractivity contribution < 1.29 is 9.59 Å². The second kappa shape index (κ2) is 6.73. The molecule has 2 heterocycles. The number of ketones is 1. The van der Waals surface area contributed by atoms with Gasteiger partial charge in [0, 0.05) is 22.0 Å². The van der Waals surface area contributed by atoms with Crippen LogP contribution in [-0.4, -0.2) is 16.7 Å². The van der Waals surface area contributed by atoms with E-state index in [1.807, 2.05) is 26.0 Å². The van der Waals surface area contributed by atoms with Crippen molar-refractivity contribution in [1.29, 1.82) is 0 Å². The number of nitrogens with one attached hydrogen (secondary N) is 1. The molecular formula is C22H19N3O2S. The summed E-state index contributed by atoms with van der Waals surface area (Å²) in [5, 5.41) is 4.68. The predicted octanol–water partition coefficient (Wildman–Crippen LogP) is 5.10. The Labute approximate surface area is 166 Å². The zero-order valence-corrected chi connectivity index (χ0v) is 16.6. The highest BCUT2D eigenvalue weighted by atomic mass is 32.1. The monoisotopic (exact) mass is 389 g/mol. The van der Waals surface area contributed by atoms with Gasteiger partial charge < -0.3 is 11.1 Å². The Kier molecular flexibility index (Phi) is 4.35. The van der Waals surface area contributed by atoms with Gasteiger partial charge in [-0.05, 0) is 62.2 Å². The zero-order chi connectivity index (χ0) is 20.0. The van der Waals surface area contributed by atoms with Gasteiger partial charge in [0.25, 0.3) is 5.91 Å². The van der Waals surface area contributed by atoms with Crippen LogP contribution in [-0.2, 0) is 0 Å². The van der Waals surface area contributed by atoms with E-state index in [0.29, 0.717) is 21.8 Å². The van der Waals surface area contributed by atoms with Crippen LogP contribution in [0.4, 0.5) is 11.4 Å². The van der Waals surface area contributed by atoms with Crippen LogP contribution < -0.4 is 11.1 Å². The molecule has 0 aliphatic heterocycles. The number of carbonyl (C=O) groups is 2. The molecule has 0 aliphatic carbocycles. The fourth-order valence-electron chi connectivity index (χ4n) is 3.21. The molecule has 3 N–H and O–H groups in total. The van der Waals surface area contributed by atoms with Gasteiger partial charge in [-0.2, -0.15) is 0 Å². The summed E-state index contributed by atoms with van der Waals surface area (Å²) >= 11 is 1.29. The molecule has 0 radical (unpaired) electrons. The minimum Gasteiger partial charge on any atom is -0.397 e. The quantitative estimate of drug-likeness (QED) is 0.477.